The van der Waals surface area contributed by atoms with E-state index in [1.54, 1.807) is 20.3 Å². The molecule has 0 radical (unpaired) electrons. The van der Waals surface area contributed by atoms with Crippen LogP contribution in [0.15, 0.2) is 85.0 Å². The summed E-state index contributed by atoms with van der Waals surface area (Å²) in [5, 5.41) is 10.7. The number of para-hydroxylation sites is 1. The number of carbonyl (C=O) groups excluding carboxylic acids is 1. The van der Waals surface area contributed by atoms with E-state index in [-0.39, 0.29) is 32.6 Å². The van der Waals surface area contributed by atoms with Gasteiger partial charge in [-0.25, -0.2) is 0 Å². The number of aliphatic hydroxyl groups is 1. The van der Waals surface area contributed by atoms with E-state index in [1.807, 2.05) is 55.0 Å². The minimum Gasteiger partial charge on any atom is -0.540 e. The molecule has 1 N–H and O–H groups in total. The fourth-order valence-electron chi connectivity index (χ4n) is 4.02. The van der Waals surface area contributed by atoms with E-state index in [0.717, 1.165) is 33.4 Å². The van der Waals surface area contributed by atoms with Crippen molar-refractivity contribution in [2.24, 2.45) is 0 Å². The van der Waals surface area contributed by atoms with Gasteiger partial charge in [-0.3, -0.25) is 9.78 Å². The van der Waals surface area contributed by atoms with Crippen molar-refractivity contribution in [1.82, 2.24) is 14.5 Å². The van der Waals surface area contributed by atoms with Gasteiger partial charge in [0.05, 0.1) is 31.0 Å². The van der Waals surface area contributed by atoms with Crippen LogP contribution in [0.4, 0.5) is 0 Å². The third kappa shape index (κ3) is 6.07. The molecule has 5 aromatic rings. The van der Waals surface area contributed by atoms with Crippen LogP contribution >= 0.6 is 0 Å². The van der Waals surface area contributed by atoms with Crippen molar-refractivity contribution >= 4 is 27.6 Å². The first-order chi connectivity index (χ1) is 17.4. The average molecular weight is 676 g/mol. The van der Waals surface area contributed by atoms with Crippen molar-refractivity contribution < 1.29 is 40.4 Å². The number of carbonyl (C=O) groups is 1. The van der Waals surface area contributed by atoms with E-state index in [0.29, 0.717) is 11.5 Å². The number of aromatic nitrogens is 3. The Labute approximate surface area is 229 Å². The smallest absolute Gasteiger partial charge is 0.155 e. The molecular formula is C29H26N3O4Pt-. The van der Waals surface area contributed by atoms with Crippen molar-refractivity contribution in [2.75, 3.05) is 14.2 Å². The number of rotatable bonds is 5. The fourth-order valence-corrected chi connectivity index (χ4v) is 4.02. The number of hydrogen-bond acceptors (Lipinski definition) is 6. The Balaban J connectivity index is 0.000000422. The minimum atomic E-state index is -0.125. The van der Waals surface area contributed by atoms with Gasteiger partial charge in [-0.1, -0.05) is 35.9 Å². The molecule has 0 saturated carbocycles. The maximum atomic E-state index is 10.0. The number of hydrogen-bond donors (Lipinski definition) is 1. The quantitative estimate of drug-likeness (QED) is 0.138. The summed E-state index contributed by atoms with van der Waals surface area (Å²) in [6.07, 6.45) is 6.71. The molecule has 0 aliphatic heterocycles. The van der Waals surface area contributed by atoms with Gasteiger partial charge in [0, 0.05) is 73.7 Å². The molecule has 7 nitrogen and oxygen atoms in total. The van der Waals surface area contributed by atoms with Crippen LogP contribution < -0.4 is 9.47 Å². The van der Waals surface area contributed by atoms with Gasteiger partial charge >= 0.3 is 0 Å². The van der Waals surface area contributed by atoms with Gasteiger partial charge in [-0.2, -0.15) is 0 Å². The standard InChI is InChI=1S/C24H18N3O2.C5H8O2.Pt/c1-28-17-7-8-19(24(14-17)29-2)21-13-16(9-12-26-21)27-22-6-4-3-5-18(22)20-15-25-11-10-23(20)27;1-4(6)3-5(2)7;/h3-7,9-15H,1-2H3;3,6H,1-2H3;/q-1;;/b;4-3-;. The summed E-state index contributed by atoms with van der Waals surface area (Å²) < 4.78 is 13.1. The minimum absolute atomic E-state index is 0. The second-order valence-electron chi connectivity index (χ2n) is 8.02. The molecule has 0 saturated heterocycles. The number of benzene rings is 2. The molecule has 37 heavy (non-hydrogen) atoms. The normalized spacial score (nSPS) is 10.9. The van der Waals surface area contributed by atoms with Crippen LogP contribution in [-0.4, -0.2) is 39.6 Å². The van der Waals surface area contributed by atoms with Crippen LogP contribution in [0.5, 0.6) is 11.5 Å². The predicted molar refractivity (Wildman–Crippen MR) is 141 cm³/mol. The zero-order chi connectivity index (χ0) is 25.7. The molecule has 2 aromatic carbocycles. The Bertz CT molecular complexity index is 1520. The third-order valence-electron chi connectivity index (χ3n) is 5.48. The van der Waals surface area contributed by atoms with E-state index in [1.165, 1.54) is 25.3 Å². The number of pyridine rings is 2. The van der Waals surface area contributed by atoms with Crippen molar-refractivity contribution in [3.63, 3.8) is 0 Å². The molecule has 0 unspecified atom stereocenters. The summed E-state index contributed by atoms with van der Waals surface area (Å²) in [6, 6.07) is 21.3. The number of ketones is 1. The van der Waals surface area contributed by atoms with Gasteiger partial charge in [-0.15, -0.1) is 12.1 Å². The predicted octanol–water partition coefficient (Wildman–Crippen LogP) is 6.09. The fraction of sp³-hybridized carbons (Fsp3) is 0.138. The van der Waals surface area contributed by atoms with Crippen molar-refractivity contribution in [3.05, 3.63) is 91.1 Å². The summed E-state index contributed by atoms with van der Waals surface area (Å²) >= 11 is 0. The first-order valence-electron chi connectivity index (χ1n) is 11.2. The summed E-state index contributed by atoms with van der Waals surface area (Å²) in [4.78, 5) is 18.9. The van der Waals surface area contributed by atoms with E-state index in [2.05, 4.69) is 32.7 Å². The Morgan fingerprint density at radius 3 is 2.43 bits per heavy atom. The number of allylic oxidation sites excluding steroid dienone is 2. The molecule has 8 heteroatoms. The van der Waals surface area contributed by atoms with Crippen LogP contribution in [0.3, 0.4) is 0 Å². The van der Waals surface area contributed by atoms with Gasteiger partial charge in [0.25, 0.3) is 0 Å². The molecule has 0 bridgehead atoms. The molecule has 5 rings (SSSR count). The number of ether oxygens (including phenoxy) is 2. The number of fused-ring (bicyclic) bond motifs is 3. The molecule has 192 valence electrons. The van der Waals surface area contributed by atoms with Crippen molar-refractivity contribution in [2.45, 2.75) is 13.8 Å². The zero-order valence-corrected chi connectivity index (χ0v) is 23.1. The summed E-state index contributed by atoms with van der Waals surface area (Å²) in [5.74, 6) is 1.30. The molecule has 3 heterocycles. The van der Waals surface area contributed by atoms with Crippen molar-refractivity contribution in [3.8, 4) is 28.4 Å². The molecule has 0 spiro atoms. The first kappa shape index (κ1) is 27.6. The molecule has 0 amide bonds. The maximum absolute atomic E-state index is 10.0. The Morgan fingerprint density at radius 2 is 1.76 bits per heavy atom. The Hall–Kier alpha value is -3.96. The molecule has 0 aliphatic carbocycles. The van der Waals surface area contributed by atoms with Gasteiger partial charge in [0.2, 0.25) is 0 Å². The number of nitrogens with zero attached hydrogens (tertiary/aromatic N) is 3. The second kappa shape index (κ2) is 12.3. The Morgan fingerprint density at radius 1 is 1.00 bits per heavy atom. The van der Waals surface area contributed by atoms with Crippen LogP contribution in [0.25, 0.3) is 38.8 Å². The Kier molecular flexibility index (Phi) is 9.20. The average Bonchev–Trinajstić information content (AvgIpc) is 3.22. The zero-order valence-electron chi connectivity index (χ0n) is 20.8. The third-order valence-corrected chi connectivity index (χ3v) is 5.48. The van der Waals surface area contributed by atoms with Gasteiger partial charge in [0.15, 0.2) is 5.78 Å². The van der Waals surface area contributed by atoms with E-state index >= 15 is 0 Å². The van der Waals surface area contributed by atoms with Crippen LogP contribution in [0, 0.1) is 6.07 Å². The van der Waals surface area contributed by atoms with E-state index in [9.17, 15) is 4.79 Å². The summed E-state index contributed by atoms with van der Waals surface area (Å²) in [7, 11) is 3.26. The van der Waals surface area contributed by atoms with Crippen molar-refractivity contribution in [1.29, 1.82) is 0 Å². The summed E-state index contributed by atoms with van der Waals surface area (Å²) in [6.45, 7) is 2.85. The largest absolute Gasteiger partial charge is 0.540 e. The van der Waals surface area contributed by atoms with Gasteiger partial charge in [-0.05, 0) is 37.7 Å². The van der Waals surface area contributed by atoms with Gasteiger partial charge < -0.3 is 24.1 Å². The monoisotopic (exact) mass is 675 g/mol. The second-order valence-corrected chi connectivity index (χ2v) is 8.02. The number of aliphatic hydroxyl groups excluding tert-OH is 1. The molecule has 0 aliphatic rings. The molecule has 0 atom stereocenters. The van der Waals surface area contributed by atoms with Crippen LogP contribution in [0.1, 0.15) is 13.8 Å². The SMILES string of the molecule is CC(=O)/C=C(/C)O.COc1c[c-]c(-c2cc(-n3c4ccccc4c4cnccc43)ccn2)c(OC)c1.[Pt]. The van der Waals surface area contributed by atoms with E-state index < -0.39 is 0 Å². The van der Waals surface area contributed by atoms with Crippen LogP contribution in [0.2, 0.25) is 0 Å². The summed E-state index contributed by atoms with van der Waals surface area (Å²) in [5.41, 5.74) is 4.81. The van der Waals surface area contributed by atoms with E-state index in [4.69, 9.17) is 14.6 Å². The van der Waals surface area contributed by atoms with Gasteiger partial charge in [0.1, 0.15) is 0 Å². The maximum Gasteiger partial charge on any atom is 0.155 e. The molecule has 0 fully saturated rings. The first-order valence-corrected chi connectivity index (χ1v) is 11.2. The molecule has 3 aromatic heterocycles. The number of methoxy groups -OCH3 is 2. The molecular weight excluding hydrogens is 649 g/mol. The topological polar surface area (TPSA) is 86.5 Å². The van der Waals surface area contributed by atoms with Crippen LogP contribution in [-0.2, 0) is 25.9 Å².